The van der Waals surface area contributed by atoms with Crippen LogP contribution in [0.5, 0.6) is 0 Å². The first kappa shape index (κ1) is 39.6. The largest absolute Gasteiger partial charge is 0.311 e. The van der Waals surface area contributed by atoms with Crippen molar-refractivity contribution >= 4 is 49.4 Å². The van der Waals surface area contributed by atoms with Crippen LogP contribution >= 0.6 is 0 Å². The molecule has 318 valence electrons. The third-order valence-electron chi connectivity index (χ3n) is 14.4. The Balaban J connectivity index is 0.947. The van der Waals surface area contributed by atoms with E-state index < -0.39 is 5.41 Å². The summed E-state index contributed by atoms with van der Waals surface area (Å²) in [5.41, 5.74) is 17.8. The number of fused-ring (bicyclic) bond motifs is 6. The zero-order valence-electron chi connectivity index (χ0n) is 37.4. The summed E-state index contributed by atoms with van der Waals surface area (Å²) in [5, 5.41) is 7.52. The first-order valence-corrected chi connectivity index (χ1v) is 23.6. The molecule has 1 aliphatic rings. The second-order valence-electron chi connectivity index (χ2n) is 17.9. The van der Waals surface area contributed by atoms with Gasteiger partial charge >= 0.3 is 0 Å². The van der Waals surface area contributed by atoms with Crippen molar-refractivity contribution < 1.29 is 0 Å². The van der Waals surface area contributed by atoms with Gasteiger partial charge < -0.3 is 4.90 Å². The third kappa shape index (κ3) is 6.32. The first-order chi connectivity index (χ1) is 33.7. The van der Waals surface area contributed by atoms with Gasteiger partial charge in [0.2, 0.25) is 0 Å². The van der Waals surface area contributed by atoms with Crippen LogP contribution < -0.4 is 4.90 Å². The fourth-order valence-electron chi connectivity index (χ4n) is 11.3. The van der Waals surface area contributed by atoms with Gasteiger partial charge in [-0.1, -0.05) is 237 Å². The van der Waals surface area contributed by atoms with E-state index >= 15 is 0 Å². The predicted octanol–water partition coefficient (Wildman–Crippen LogP) is 18.0. The van der Waals surface area contributed by atoms with Crippen molar-refractivity contribution in [3.8, 4) is 44.5 Å². The standard InChI is InChI=1S/C67H45N/c1-2-22-52(23-3-1)67(63-32-14-21-48-18-6-9-26-60(48)63)64-31-11-10-27-62(64)66-61(30-15-33-65(66)67)51-38-44-55(45-39-51)68(53-40-34-49(35-41-53)58-28-12-19-46-16-4-7-24-56(46)58)54-42-36-50(37-43-54)59-29-13-20-47-17-5-8-25-57(47)59/h1-45H. The monoisotopic (exact) mass is 863 g/mol. The first-order valence-electron chi connectivity index (χ1n) is 23.6. The van der Waals surface area contributed by atoms with Gasteiger partial charge in [0.05, 0.1) is 5.41 Å². The molecule has 1 unspecified atom stereocenters. The Bertz CT molecular complexity index is 3690. The highest BCUT2D eigenvalue weighted by atomic mass is 15.1. The molecule has 1 atom stereocenters. The van der Waals surface area contributed by atoms with E-state index in [1.165, 1.54) is 99.1 Å². The topological polar surface area (TPSA) is 3.24 Å². The minimum Gasteiger partial charge on any atom is -0.311 e. The number of hydrogen-bond donors (Lipinski definition) is 0. The molecule has 0 amide bonds. The molecule has 0 aliphatic heterocycles. The Hall–Kier alpha value is -8.78. The van der Waals surface area contributed by atoms with Gasteiger partial charge in [-0.15, -0.1) is 0 Å². The van der Waals surface area contributed by atoms with Crippen molar-refractivity contribution in [1.29, 1.82) is 0 Å². The summed E-state index contributed by atoms with van der Waals surface area (Å²) >= 11 is 0. The Kier molecular flexibility index (Phi) is 9.47. The average Bonchev–Trinajstić information content (AvgIpc) is 3.72. The maximum atomic E-state index is 2.38. The summed E-state index contributed by atoms with van der Waals surface area (Å²) < 4.78 is 0. The zero-order chi connectivity index (χ0) is 45.0. The molecule has 0 heterocycles. The van der Waals surface area contributed by atoms with E-state index in [1.807, 2.05) is 0 Å². The lowest BCUT2D eigenvalue weighted by molar-refractivity contribution is 0.776. The van der Waals surface area contributed by atoms with Crippen LogP contribution in [0.15, 0.2) is 273 Å². The minimum atomic E-state index is -0.517. The van der Waals surface area contributed by atoms with Crippen molar-refractivity contribution in [2.45, 2.75) is 5.41 Å². The van der Waals surface area contributed by atoms with Crippen molar-refractivity contribution in [2.24, 2.45) is 0 Å². The average molecular weight is 864 g/mol. The van der Waals surface area contributed by atoms with E-state index in [-0.39, 0.29) is 0 Å². The fourth-order valence-corrected chi connectivity index (χ4v) is 11.3. The molecule has 1 heteroatoms. The molecule has 0 spiro atoms. The molecule has 0 saturated carbocycles. The highest BCUT2D eigenvalue weighted by molar-refractivity contribution is 6.01. The molecule has 0 bridgehead atoms. The fraction of sp³-hybridized carbons (Fsp3) is 0.0149. The van der Waals surface area contributed by atoms with Crippen molar-refractivity contribution in [1.82, 2.24) is 0 Å². The van der Waals surface area contributed by atoms with Crippen LogP contribution in [-0.2, 0) is 5.41 Å². The molecule has 13 rings (SSSR count). The van der Waals surface area contributed by atoms with Crippen LogP contribution in [0.25, 0.3) is 76.8 Å². The van der Waals surface area contributed by atoms with Crippen LogP contribution in [-0.4, -0.2) is 0 Å². The van der Waals surface area contributed by atoms with Crippen molar-refractivity contribution in [3.05, 3.63) is 295 Å². The Morgan fingerprint density at radius 2 is 0.603 bits per heavy atom. The number of rotatable bonds is 8. The third-order valence-corrected chi connectivity index (χ3v) is 14.4. The summed E-state index contributed by atoms with van der Waals surface area (Å²) in [4.78, 5) is 2.38. The molecule has 0 saturated heterocycles. The molecule has 0 N–H and O–H groups in total. The molecule has 12 aromatic carbocycles. The lowest BCUT2D eigenvalue weighted by Gasteiger charge is -2.35. The molecule has 0 aromatic heterocycles. The van der Waals surface area contributed by atoms with Crippen LogP contribution in [0.3, 0.4) is 0 Å². The molecule has 68 heavy (non-hydrogen) atoms. The summed E-state index contributed by atoms with van der Waals surface area (Å²) in [7, 11) is 0. The van der Waals surface area contributed by atoms with Gasteiger partial charge in [0.1, 0.15) is 0 Å². The van der Waals surface area contributed by atoms with Crippen LogP contribution in [0.2, 0.25) is 0 Å². The lowest BCUT2D eigenvalue weighted by atomic mass is 9.66. The van der Waals surface area contributed by atoms with Gasteiger partial charge in [0.25, 0.3) is 0 Å². The quantitative estimate of drug-likeness (QED) is 0.147. The van der Waals surface area contributed by atoms with Crippen LogP contribution in [0, 0.1) is 0 Å². The zero-order valence-corrected chi connectivity index (χ0v) is 37.4. The number of nitrogens with zero attached hydrogens (tertiary/aromatic N) is 1. The van der Waals surface area contributed by atoms with Gasteiger partial charge in [-0.05, 0) is 135 Å². The maximum absolute atomic E-state index is 2.38. The molecular weight excluding hydrogens is 819 g/mol. The smallest absolute Gasteiger partial charge is 0.0719 e. The minimum absolute atomic E-state index is 0.517. The van der Waals surface area contributed by atoms with E-state index in [4.69, 9.17) is 0 Å². The second kappa shape index (κ2) is 16.3. The van der Waals surface area contributed by atoms with Gasteiger partial charge in [-0.2, -0.15) is 0 Å². The summed E-state index contributed by atoms with van der Waals surface area (Å²) in [5.74, 6) is 0. The highest BCUT2D eigenvalue weighted by Crippen LogP contribution is 2.59. The van der Waals surface area contributed by atoms with E-state index in [2.05, 4.69) is 278 Å². The predicted molar refractivity (Wildman–Crippen MR) is 287 cm³/mol. The second-order valence-corrected chi connectivity index (χ2v) is 17.9. The highest BCUT2D eigenvalue weighted by Gasteiger charge is 2.47. The van der Waals surface area contributed by atoms with E-state index in [9.17, 15) is 0 Å². The Morgan fingerprint density at radius 3 is 1.18 bits per heavy atom. The number of benzene rings is 12. The maximum Gasteiger partial charge on any atom is 0.0719 e. The van der Waals surface area contributed by atoms with Gasteiger partial charge in [-0.3, -0.25) is 0 Å². The molecule has 12 aromatic rings. The number of hydrogen-bond acceptors (Lipinski definition) is 1. The number of anilines is 3. The van der Waals surface area contributed by atoms with Crippen molar-refractivity contribution in [3.63, 3.8) is 0 Å². The van der Waals surface area contributed by atoms with Crippen molar-refractivity contribution in [2.75, 3.05) is 4.90 Å². The van der Waals surface area contributed by atoms with Gasteiger partial charge in [0.15, 0.2) is 0 Å². The Morgan fingerprint density at radius 1 is 0.235 bits per heavy atom. The molecule has 1 aliphatic carbocycles. The van der Waals surface area contributed by atoms with Gasteiger partial charge in [-0.25, -0.2) is 0 Å². The Labute approximate surface area is 397 Å². The summed E-state index contributed by atoms with van der Waals surface area (Å²) in [6.45, 7) is 0. The molecule has 1 nitrogen and oxygen atoms in total. The lowest BCUT2D eigenvalue weighted by Crippen LogP contribution is -2.28. The normalized spacial score (nSPS) is 13.9. The van der Waals surface area contributed by atoms with E-state index in [0.29, 0.717) is 0 Å². The molecule has 0 radical (unpaired) electrons. The molecule has 0 fully saturated rings. The van der Waals surface area contributed by atoms with Crippen LogP contribution in [0.1, 0.15) is 22.3 Å². The SMILES string of the molecule is c1ccc(C2(c3cccc4ccccc34)c3ccccc3-c3c(-c4ccc(N(c5ccc(-c6cccc7ccccc67)cc5)c5ccc(-c6cccc7ccccc67)cc5)cc4)cccc32)cc1. The molecular formula is C67H45N. The van der Waals surface area contributed by atoms with E-state index in [1.54, 1.807) is 0 Å². The summed E-state index contributed by atoms with van der Waals surface area (Å²) in [6, 6.07) is 101. The van der Waals surface area contributed by atoms with Gasteiger partial charge in [0, 0.05) is 17.1 Å². The summed E-state index contributed by atoms with van der Waals surface area (Å²) in [6.07, 6.45) is 0. The van der Waals surface area contributed by atoms with E-state index in [0.717, 1.165) is 17.1 Å². The van der Waals surface area contributed by atoms with Crippen LogP contribution in [0.4, 0.5) is 17.1 Å².